The first-order chi connectivity index (χ1) is 15.9. The van der Waals surface area contributed by atoms with Crippen LogP contribution in [0.2, 0.25) is 0 Å². The SMILES string of the molecule is CC1C2CN(C(=O)c3cc4cc(OCCN(C)C)ccc4[nH]3)C3=CC(=O)c4ccccc4C312. The highest BCUT2D eigenvalue weighted by Gasteiger charge is 2.72. The monoisotopic (exact) mass is 441 g/mol. The van der Waals surface area contributed by atoms with Crippen LogP contribution in [0.15, 0.2) is 60.3 Å². The first kappa shape index (κ1) is 20.2. The van der Waals surface area contributed by atoms with Crippen LogP contribution in [0, 0.1) is 11.8 Å². The Balaban J connectivity index is 1.30. The van der Waals surface area contributed by atoms with Gasteiger partial charge < -0.3 is 19.5 Å². The number of aromatic nitrogens is 1. The summed E-state index contributed by atoms with van der Waals surface area (Å²) in [6.45, 7) is 4.31. The Hall–Kier alpha value is -3.38. The highest BCUT2D eigenvalue weighted by atomic mass is 16.5. The third-order valence-corrected chi connectivity index (χ3v) is 7.67. The average molecular weight is 442 g/mol. The van der Waals surface area contributed by atoms with Gasteiger partial charge in [-0.05, 0) is 55.8 Å². The maximum Gasteiger partial charge on any atom is 0.274 e. The first-order valence-corrected chi connectivity index (χ1v) is 11.5. The Kier molecular flexibility index (Phi) is 4.33. The van der Waals surface area contributed by atoms with Crippen LogP contribution in [0.5, 0.6) is 5.75 Å². The number of hydrogen-bond acceptors (Lipinski definition) is 4. The summed E-state index contributed by atoms with van der Waals surface area (Å²) in [5, 5.41) is 0.937. The summed E-state index contributed by atoms with van der Waals surface area (Å²) in [6, 6.07) is 15.6. The molecule has 2 aromatic carbocycles. The van der Waals surface area contributed by atoms with Crippen molar-refractivity contribution in [1.29, 1.82) is 0 Å². The number of piperidine rings is 1. The molecule has 1 aromatic heterocycles. The minimum Gasteiger partial charge on any atom is -0.492 e. The van der Waals surface area contributed by atoms with Gasteiger partial charge >= 0.3 is 0 Å². The predicted octanol–water partition coefficient (Wildman–Crippen LogP) is 3.85. The molecule has 2 fully saturated rings. The van der Waals surface area contributed by atoms with E-state index >= 15 is 0 Å². The van der Waals surface area contributed by atoms with Crippen molar-refractivity contribution in [2.45, 2.75) is 12.3 Å². The molecule has 3 aromatic rings. The largest absolute Gasteiger partial charge is 0.492 e. The van der Waals surface area contributed by atoms with E-state index in [-0.39, 0.29) is 17.1 Å². The van der Waals surface area contributed by atoms with Gasteiger partial charge in [0.1, 0.15) is 18.1 Å². The summed E-state index contributed by atoms with van der Waals surface area (Å²) in [5.41, 5.74) is 3.94. The van der Waals surface area contributed by atoms with Crippen LogP contribution in [-0.4, -0.2) is 60.3 Å². The van der Waals surface area contributed by atoms with Crippen molar-refractivity contribution in [2.24, 2.45) is 11.8 Å². The van der Waals surface area contributed by atoms with E-state index in [1.54, 1.807) is 6.08 Å². The van der Waals surface area contributed by atoms with Gasteiger partial charge in [0, 0.05) is 46.7 Å². The molecule has 0 radical (unpaired) electrons. The lowest BCUT2D eigenvalue weighted by molar-refractivity contribution is 0.0802. The van der Waals surface area contributed by atoms with Crippen molar-refractivity contribution >= 4 is 22.6 Å². The number of amides is 1. The second-order valence-electron chi connectivity index (χ2n) is 9.70. The lowest BCUT2D eigenvalue weighted by Gasteiger charge is -2.30. The van der Waals surface area contributed by atoms with Gasteiger partial charge in [-0.15, -0.1) is 0 Å². The van der Waals surface area contributed by atoms with Crippen LogP contribution in [0.3, 0.4) is 0 Å². The van der Waals surface area contributed by atoms with Crippen LogP contribution in [-0.2, 0) is 5.41 Å². The molecular formula is C27H27N3O3. The molecule has 33 heavy (non-hydrogen) atoms. The molecule has 168 valence electrons. The van der Waals surface area contributed by atoms with Gasteiger partial charge in [-0.3, -0.25) is 9.59 Å². The molecule has 6 nitrogen and oxygen atoms in total. The van der Waals surface area contributed by atoms with Gasteiger partial charge in [0.15, 0.2) is 5.78 Å². The van der Waals surface area contributed by atoms with Crippen molar-refractivity contribution in [3.63, 3.8) is 0 Å². The number of aromatic amines is 1. The van der Waals surface area contributed by atoms with E-state index in [9.17, 15) is 9.59 Å². The second-order valence-corrected chi connectivity index (χ2v) is 9.70. The van der Waals surface area contributed by atoms with E-state index in [0.717, 1.165) is 40.0 Å². The molecule has 6 heteroatoms. The van der Waals surface area contributed by atoms with Gasteiger partial charge in [0.25, 0.3) is 5.91 Å². The number of fused-ring (bicyclic) bond motifs is 2. The first-order valence-electron chi connectivity index (χ1n) is 11.5. The minimum absolute atomic E-state index is 0.0139. The Bertz CT molecular complexity index is 1340. The fourth-order valence-corrected chi connectivity index (χ4v) is 5.93. The molecule has 6 rings (SSSR count). The summed E-state index contributed by atoms with van der Waals surface area (Å²) >= 11 is 0. The number of rotatable bonds is 5. The van der Waals surface area contributed by atoms with Crippen molar-refractivity contribution in [3.05, 3.63) is 77.1 Å². The molecule has 1 aliphatic heterocycles. The van der Waals surface area contributed by atoms with Crippen LogP contribution in [0.1, 0.15) is 33.3 Å². The van der Waals surface area contributed by atoms with Gasteiger partial charge in [0.05, 0.1) is 0 Å². The quantitative estimate of drug-likeness (QED) is 0.653. The summed E-state index contributed by atoms with van der Waals surface area (Å²) in [6.07, 6.45) is 1.70. The minimum atomic E-state index is -0.209. The summed E-state index contributed by atoms with van der Waals surface area (Å²) in [7, 11) is 4.02. The number of hydrogen-bond donors (Lipinski definition) is 1. The summed E-state index contributed by atoms with van der Waals surface area (Å²) in [5.74, 6) is 1.46. The van der Waals surface area contributed by atoms with E-state index in [1.165, 1.54) is 0 Å². The summed E-state index contributed by atoms with van der Waals surface area (Å²) < 4.78 is 5.84. The van der Waals surface area contributed by atoms with Gasteiger partial charge in [0.2, 0.25) is 0 Å². The number of carbonyl (C=O) groups excluding carboxylic acids is 2. The maximum atomic E-state index is 13.6. The second kappa shape index (κ2) is 7.06. The van der Waals surface area contributed by atoms with E-state index in [4.69, 9.17) is 4.74 Å². The Morgan fingerprint density at radius 1 is 1.21 bits per heavy atom. The Morgan fingerprint density at radius 2 is 2.03 bits per heavy atom. The van der Waals surface area contributed by atoms with Crippen molar-refractivity contribution in [1.82, 2.24) is 14.8 Å². The molecule has 3 atom stereocenters. The molecule has 1 N–H and O–H groups in total. The molecular weight excluding hydrogens is 414 g/mol. The highest BCUT2D eigenvalue weighted by molar-refractivity contribution is 6.10. The van der Waals surface area contributed by atoms with E-state index < -0.39 is 0 Å². The number of H-pyrrole nitrogens is 1. The van der Waals surface area contributed by atoms with Crippen LogP contribution in [0.25, 0.3) is 10.9 Å². The molecule has 1 saturated heterocycles. The smallest absolute Gasteiger partial charge is 0.274 e. The highest BCUT2D eigenvalue weighted by Crippen LogP contribution is 2.70. The van der Waals surface area contributed by atoms with Crippen LogP contribution < -0.4 is 4.74 Å². The number of nitrogens with one attached hydrogen (secondary N) is 1. The number of ether oxygens (including phenoxy) is 1. The lowest BCUT2D eigenvalue weighted by atomic mass is 9.80. The third kappa shape index (κ3) is 2.83. The molecule has 3 aliphatic rings. The predicted molar refractivity (Wildman–Crippen MR) is 127 cm³/mol. The number of allylic oxidation sites excluding steroid dienone is 2. The number of carbonyl (C=O) groups is 2. The molecule has 2 aliphatic carbocycles. The average Bonchev–Trinajstić information content (AvgIpc) is 3.11. The number of nitrogens with zero attached hydrogens (tertiary/aromatic N) is 2. The third-order valence-electron chi connectivity index (χ3n) is 7.67. The zero-order valence-electron chi connectivity index (χ0n) is 19.1. The van der Waals surface area contributed by atoms with Crippen molar-refractivity contribution in [3.8, 4) is 5.75 Å². The molecule has 1 saturated carbocycles. The van der Waals surface area contributed by atoms with E-state index in [2.05, 4.69) is 22.9 Å². The number of likely N-dealkylation sites (tertiary alicyclic amines) is 1. The topological polar surface area (TPSA) is 65.6 Å². The Labute approximate surface area is 192 Å². The van der Waals surface area contributed by atoms with E-state index in [1.807, 2.05) is 61.5 Å². The van der Waals surface area contributed by atoms with Crippen LogP contribution in [0.4, 0.5) is 0 Å². The normalized spacial score (nSPS) is 25.0. The van der Waals surface area contributed by atoms with E-state index in [0.29, 0.717) is 30.7 Å². The maximum absolute atomic E-state index is 13.6. The van der Waals surface area contributed by atoms with Gasteiger partial charge in [-0.1, -0.05) is 31.2 Å². The van der Waals surface area contributed by atoms with Crippen molar-refractivity contribution < 1.29 is 14.3 Å². The molecule has 0 bridgehead atoms. The fraction of sp³-hybridized carbons (Fsp3) is 0.333. The molecule has 1 amide bonds. The molecule has 2 heterocycles. The number of benzene rings is 2. The standard InChI is InChI=1S/C27H27N3O3/c1-16-21-15-30(25-14-24(31)19-6-4-5-7-20(19)27(16,21)25)26(32)23-13-17-12-18(8-9-22(17)28-23)33-11-10-29(2)3/h4-9,12-14,16,21,28H,10-11,15H2,1-3H3. The fourth-order valence-electron chi connectivity index (χ4n) is 5.93. The summed E-state index contributed by atoms with van der Waals surface area (Å²) in [4.78, 5) is 33.6. The van der Waals surface area contributed by atoms with Gasteiger partial charge in [-0.25, -0.2) is 0 Å². The zero-order chi connectivity index (χ0) is 22.9. The number of ketones is 1. The van der Waals surface area contributed by atoms with Gasteiger partial charge in [-0.2, -0.15) is 0 Å². The lowest BCUT2D eigenvalue weighted by Crippen LogP contribution is -2.35. The Morgan fingerprint density at radius 3 is 2.85 bits per heavy atom. The molecule has 3 unspecified atom stereocenters. The number of likely N-dealkylation sites (N-methyl/N-ethyl adjacent to an activating group) is 1. The molecule has 1 spiro atoms. The van der Waals surface area contributed by atoms with Crippen LogP contribution >= 0.6 is 0 Å². The van der Waals surface area contributed by atoms with Crippen molar-refractivity contribution in [2.75, 3.05) is 33.8 Å². The zero-order valence-corrected chi connectivity index (χ0v) is 19.1.